The summed E-state index contributed by atoms with van der Waals surface area (Å²) in [7, 11) is 1.58. The molecule has 0 spiro atoms. The van der Waals surface area contributed by atoms with Gasteiger partial charge >= 0.3 is 0 Å². The van der Waals surface area contributed by atoms with Gasteiger partial charge < -0.3 is 15.0 Å². The number of carbonyl (C=O) groups is 2. The monoisotopic (exact) mass is 276 g/mol. The Morgan fingerprint density at radius 3 is 2.85 bits per heavy atom. The fourth-order valence-corrected chi connectivity index (χ4v) is 2.29. The Kier molecular flexibility index (Phi) is 4.61. The fourth-order valence-electron chi connectivity index (χ4n) is 2.29. The zero-order valence-corrected chi connectivity index (χ0v) is 11.9. The number of hydrogen-bond donors (Lipinski definition) is 1. The number of rotatable bonds is 4. The summed E-state index contributed by atoms with van der Waals surface area (Å²) in [4.78, 5) is 25.2. The van der Waals surface area contributed by atoms with Crippen molar-refractivity contribution >= 4 is 23.2 Å². The van der Waals surface area contributed by atoms with Crippen LogP contribution in [0.1, 0.15) is 32.6 Å². The van der Waals surface area contributed by atoms with Crippen LogP contribution in [0.5, 0.6) is 5.75 Å². The van der Waals surface area contributed by atoms with Crippen LogP contribution in [-0.4, -0.2) is 25.5 Å². The minimum absolute atomic E-state index is 0.0499. The molecular weight excluding hydrogens is 256 g/mol. The Morgan fingerprint density at radius 2 is 2.20 bits per heavy atom. The first-order chi connectivity index (χ1) is 9.65. The first-order valence-corrected chi connectivity index (χ1v) is 6.94. The lowest BCUT2D eigenvalue weighted by atomic mass is 10.1. The van der Waals surface area contributed by atoms with E-state index in [0.29, 0.717) is 30.8 Å². The minimum Gasteiger partial charge on any atom is -0.495 e. The van der Waals surface area contributed by atoms with Gasteiger partial charge in [-0.05, 0) is 31.0 Å². The van der Waals surface area contributed by atoms with Gasteiger partial charge in [0, 0.05) is 25.1 Å². The molecule has 108 valence electrons. The molecule has 5 heteroatoms. The molecule has 1 fully saturated rings. The molecule has 0 unspecified atom stereocenters. The van der Waals surface area contributed by atoms with Crippen molar-refractivity contribution in [3.63, 3.8) is 0 Å². The second kappa shape index (κ2) is 6.41. The van der Waals surface area contributed by atoms with Crippen molar-refractivity contribution in [1.82, 2.24) is 0 Å². The number of ether oxygens (including phenoxy) is 1. The van der Waals surface area contributed by atoms with Crippen LogP contribution in [0, 0.1) is 0 Å². The lowest BCUT2D eigenvalue weighted by molar-refractivity contribution is -0.119. The third kappa shape index (κ3) is 3.10. The van der Waals surface area contributed by atoms with Crippen molar-refractivity contribution in [3.05, 3.63) is 18.2 Å². The van der Waals surface area contributed by atoms with Crippen LogP contribution in [0.3, 0.4) is 0 Å². The Labute approximate surface area is 118 Å². The Balaban J connectivity index is 2.30. The largest absolute Gasteiger partial charge is 0.495 e. The number of piperidine rings is 1. The molecule has 0 aromatic heterocycles. The molecule has 1 aliphatic heterocycles. The number of nitrogens with zero attached hydrogens (tertiary/aromatic N) is 1. The van der Waals surface area contributed by atoms with Crippen LogP contribution in [0.25, 0.3) is 0 Å². The Bertz CT molecular complexity index is 514. The Hall–Kier alpha value is -2.04. The van der Waals surface area contributed by atoms with Crippen LogP contribution >= 0.6 is 0 Å². The number of anilines is 2. The van der Waals surface area contributed by atoms with Gasteiger partial charge in [-0.2, -0.15) is 0 Å². The molecule has 2 amide bonds. The highest BCUT2D eigenvalue weighted by molar-refractivity contribution is 5.97. The lowest BCUT2D eigenvalue weighted by Gasteiger charge is -2.28. The van der Waals surface area contributed by atoms with E-state index in [1.54, 1.807) is 37.1 Å². The van der Waals surface area contributed by atoms with Gasteiger partial charge in [0.2, 0.25) is 11.8 Å². The molecule has 0 bridgehead atoms. The van der Waals surface area contributed by atoms with Crippen LogP contribution in [0.4, 0.5) is 11.4 Å². The van der Waals surface area contributed by atoms with E-state index in [4.69, 9.17) is 4.74 Å². The molecular formula is C15H20N2O3. The SMILES string of the molecule is CCC(=O)Nc1ccc(OC)c(N2CCCCC2=O)c1. The van der Waals surface area contributed by atoms with E-state index in [-0.39, 0.29) is 11.8 Å². The smallest absolute Gasteiger partial charge is 0.227 e. The molecule has 0 saturated carbocycles. The fraction of sp³-hybridized carbons (Fsp3) is 0.467. The van der Waals surface area contributed by atoms with Gasteiger partial charge in [0.05, 0.1) is 12.8 Å². The van der Waals surface area contributed by atoms with E-state index >= 15 is 0 Å². The average molecular weight is 276 g/mol. The van der Waals surface area contributed by atoms with Crippen molar-refractivity contribution in [3.8, 4) is 5.75 Å². The molecule has 1 aromatic carbocycles. The normalized spacial score (nSPS) is 15.1. The van der Waals surface area contributed by atoms with Crippen molar-refractivity contribution in [2.75, 3.05) is 23.9 Å². The highest BCUT2D eigenvalue weighted by Crippen LogP contribution is 2.33. The Morgan fingerprint density at radius 1 is 1.40 bits per heavy atom. The summed E-state index contributed by atoms with van der Waals surface area (Å²) in [6, 6.07) is 5.36. The number of amides is 2. The molecule has 1 saturated heterocycles. The van der Waals surface area contributed by atoms with Crippen LogP contribution < -0.4 is 15.0 Å². The topological polar surface area (TPSA) is 58.6 Å². The predicted molar refractivity (Wildman–Crippen MR) is 78.1 cm³/mol. The molecule has 0 radical (unpaired) electrons. The maximum Gasteiger partial charge on any atom is 0.227 e. The molecule has 2 rings (SSSR count). The van der Waals surface area contributed by atoms with Crippen LogP contribution in [0.15, 0.2) is 18.2 Å². The molecule has 1 N–H and O–H groups in total. The average Bonchev–Trinajstić information content (AvgIpc) is 2.47. The number of nitrogens with one attached hydrogen (secondary N) is 1. The first-order valence-electron chi connectivity index (χ1n) is 6.94. The van der Waals surface area contributed by atoms with Gasteiger partial charge in [-0.3, -0.25) is 9.59 Å². The van der Waals surface area contributed by atoms with Crippen molar-refractivity contribution in [2.45, 2.75) is 32.6 Å². The van der Waals surface area contributed by atoms with E-state index in [0.717, 1.165) is 18.5 Å². The molecule has 5 nitrogen and oxygen atoms in total. The molecule has 1 aromatic rings. The summed E-state index contributed by atoms with van der Waals surface area (Å²) in [5.74, 6) is 0.703. The number of hydrogen-bond acceptors (Lipinski definition) is 3. The molecule has 1 aliphatic rings. The van der Waals surface area contributed by atoms with Crippen LogP contribution in [0.2, 0.25) is 0 Å². The summed E-state index contributed by atoms with van der Waals surface area (Å²) in [6.07, 6.45) is 2.91. The van der Waals surface area contributed by atoms with Crippen molar-refractivity contribution in [1.29, 1.82) is 0 Å². The maximum atomic E-state index is 12.0. The molecule has 1 heterocycles. The molecule has 0 aliphatic carbocycles. The standard InChI is InChI=1S/C15H20N2O3/c1-3-14(18)16-11-7-8-13(20-2)12(10-11)17-9-5-4-6-15(17)19/h7-8,10H,3-6,9H2,1-2H3,(H,16,18). The quantitative estimate of drug-likeness (QED) is 0.919. The van der Waals surface area contributed by atoms with Crippen molar-refractivity contribution < 1.29 is 14.3 Å². The maximum absolute atomic E-state index is 12.0. The van der Waals surface area contributed by atoms with E-state index in [1.807, 2.05) is 0 Å². The minimum atomic E-state index is -0.0499. The number of carbonyl (C=O) groups excluding carboxylic acids is 2. The summed E-state index contributed by atoms with van der Waals surface area (Å²) in [6.45, 7) is 2.49. The molecule has 0 atom stereocenters. The van der Waals surface area contributed by atoms with Gasteiger partial charge in [0.1, 0.15) is 5.75 Å². The van der Waals surface area contributed by atoms with Gasteiger partial charge in [0.15, 0.2) is 0 Å². The first kappa shape index (κ1) is 14.4. The van der Waals surface area contributed by atoms with Gasteiger partial charge in [0.25, 0.3) is 0 Å². The number of benzene rings is 1. The summed E-state index contributed by atoms with van der Waals surface area (Å²) in [5.41, 5.74) is 1.41. The summed E-state index contributed by atoms with van der Waals surface area (Å²) in [5, 5.41) is 2.80. The predicted octanol–water partition coefficient (Wildman–Crippen LogP) is 2.56. The highest BCUT2D eigenvalue weighted by atomic mass is 16.5. The summed E-state index contributed by atoms with van der Waals surface area (Å²) >= 11 is 0. The highest BCUT2D eigenvalue weighted by Gasteiger charge is 2.22. The molecule has 20 heavy (non-hydrogen) atoms. The lowest BCUT2D eigenvalue weighted by Crippen LogP contribution is -2.35. The zero-order chi connectivity index (χ0) is 14.5. The third-order valence-corrected chi connectivity index (χ3v) is 3.40. The second-order valence-corrected chi connectivity index (χ2v) is 4.79. The van der Waals surface area contributed by atoms with E-state index in [1.165, 1.54) is 0 Å². The van der Waals surface area contributed by atoms with E-state index < -0.39 is 0 Å². The van der Waals surface area contributed by atoms with Crippen molar-refractivity contribution in [2.24, 2.45) is 0 Å². The van der Waals surface area contributed by atoms with E-state index in [9.17, 15) is 9.59 Å². The van der Waals surface area contributed by atoms with Gasteiger partial charge in [-0.15, -0.1) is 0 Å². The van der Waals surface area contributed by atoms with Gasteiger partial charge in [-0.25, -0.2) is 0 Å². The second-order valence-electron chi connectivity index (χ2n) is 4.79. The van der Waals surface area contributed by atoms with Crippen LogP contribution in [-0.2, 0) is 9.59 Å². The number of methoxy groups -OCH3 is 1. The third-order valence-electron chi connectivity index (χ3n) is 3.40. The zero-order valence-electron chi connectivity index (χ0n) is 11.9. The van der Waals surface area contributed by atoms with E-state index in [2.05, 4.69) is 5.32 Å². The summed E-state index contributed by atoms with van der Waals surface area (Å²) < 4.78 is 5.33. The van der Waals surface area contributed by atoms with Gasteiger partial charge in [-0.1, -0.05) is 6.92 Å².